The van der Waals surface area contributed by atoms with Gasteiger partial charge in [0.15, 0.2) is 18.2 Å². The van der Waals surface area contributed by atoms with E-state index in [-0.39, 0.29) is 24.8 Å². The van der Waals surface area contributed by atoms with Crippen LogP contribution in [-0.2, 0) is 22.6 Å². The zero-order valence-corrected chi connectivity index (χ0v) is 19.8. The molecule has 0 bridgehead atoms. The number of halogens is 1. The Morgan fingerprint density at radius 1 is 0.882 bits per heavy atom. The molecule has 0 saturated heterocycles. The average molecular weight is 463 g/mol. The maximum Gasteiger partial charge on any atom is 0.261 e. The third-order valence-corrected chi connectivity index (χ3v) is 5.15. The maximum atomic E-state index is 14.0. The van der Waals surface area contributed by atoms with Crippen molar-refractivity contribution in [2.45, 2.75) is 45.3 Å². The number of hydrogen-bond acceptors (Lipinski definition) is 3. The van der Waals surface area contributed by atoms with E-state index in [0.29, 0.717) is 6.42 Å². The summed E-state index contributed by atoms with van der Waals surface area (Å²) < 4.78 is 19.5. The van der Waals surface area contributed by atoms with Crippen LogP contribution in [0.15, 0.2) is 84.9 Å². The molecule has 0 spiro atoms. The summed E-state index contributed by atoms with van der Waals surface area (Å²) in [6, 6.07) is 24.2. The average Bonchev–Trinajstić information content (AvgIpc) is 2.81. The number of carbonyl (C=O) groups is 2. The van der Waals surface area contributed by atoms with E-state index in [0.717, 1.165) is 11.1 Å². The Kier molecular flexibility index (Phi) is 8.41. The van der Waals surface area contributed by atoms with Gasteiger partial charge >= 0.3 is 0 Å². The minimum atomic E-state index is -0.779. The highest BCUT2D eigenvalue weighted by molar-refractivity contribution is 5.89. The van der Waals surface area contributed by atoms with Gasteiger partial charge in [-0.25, -0.2) is 4.39 Å². The second-order valence-electron chi connectivity index (χ2n) is 9.17. The highest BCUT2D eigenvalue weighted by Crippen LogP contribution is 2.18. The number of carbonyl (C=O) groups excluding carboxylic acids is 2. The summed E-state index contributed by atoms with van der Waals surface area (Å²) in [6.45, 7) is 5.52. The van der Waals surface area contributed by atoms with Crippen LogP contribution in [0.3, 0.4) is 0 Å². The van der Waals surface area contributed by atoms with E-state index >= 15 is 0 Å². The molecule has 1 atom stereocenters. The van der Waals surface area contributed by atoms with Crippen LogP contribution in [0.1, 0.15) is 31.9 Å². The molecule has 6 heteroatoms. The zero-order valence-electron chi connectivity index (χ0n) is 19.8. The van der Waals surface area contributed by atoms with Crippen molar-refractivity contribution in [3.63, 3.8) is 0 Å². The van der Waals surface area contributed by atoms with Crippen molar-refractivity contribution in [1.82, 2.24) is 10.2 Å². The van der Waals surface area contributed by atoms with Crippen molar-refractivity contribution in [3.8, 4) is 5.75 Å². The molecule has 0 aromatic heterocycles. The first-order valence-electron chi connectivity index (χ1n) is 11.3. The zero-order chi connectivity index (χ0) is 24.6. The van der Waals surface area contributed by atoms with Gasteiger partial charge in [0.05, 0.1) is 0 Å². The third kappa shape index (κ3) is 7.44. The lowest BCUT2D eigenvalue weighted by Gasteiger charge is -2.33. The smallest absolute Gasteiger partial charge is 0.261 e. The van der Waals surface area contributed by atoms with Crippen molar-refractivity contribution in [2.24, 2.45) is 0 Å². The molecule has 0 fully saturated rings. The number of nitrogens with zero attached hydrogens (tertiary/aromatic N) is 1. The van der Waals surface area contributed by atoms with Gasteiger partial charge in [0.1, 0.15) is 6.04 Å². The summed E-state index contributed by atoms with van der Waals surface area (Å²) in [5.41, 5.74) is 1.33. The van der Waals surface area contributed by atoms with Gasteiger partial charge < -0.3 is 15.0 Å². The van der Waals surface area contributed by atoms with Crippen LogP contribution in [0.5, 0.6) is 5.75 Å². The molecule has 3 rings (SSSR count). The molecule has 5 nitrogen and oxygen atoms in total. The number of rotatable bonds is 9. The number of ether oxygens (including phenoxy) is 1. The molecule has 1 N–H and O–H groups in total. The first kappa shape index (κ1) is 25.0. The summed E-state index contributed by atoms with van der Waals surface area (Å²) in [4.78, 5) is 28.4. The lowest BCUT2D eigenvalue weighted by molar-refractivity contribution is -0.143. The highest BCUT2D eigenvalue weighted by Gasteiger charge is 2.32. The molecule has 0 aliphatic rings. The van der Waals surface area contributed by atoms with Gasteiger partial charge in [0, 0.05) is 18.5 Å². The lowest BCUT2D eigenvalue weighted by Crippen LogP contribution is -2.55. The monoisotopic (exact) mass is 462 g/mol. The number of nitrogens with one attached hydrogen (secondary N) is 1. The molecule has 0 unspecified atom stereocenters. The van der Waals surface area contributed by atoms with E-state index in [2.05, 4.69) is 5.32 Å². The topological polar surface area (TPSA) is 58.6 Å². The van der Waals surface area contributed by atoms with E-state index in [1.807, 2.05) is 81.4 Å². The van der Waals surface area contributed by atoms with Crippen molar-refractivity contribution in [1.29, 1.82) is 0 Å². The van der Waals surface area contributed by atoms with Crippen LogP contribution in [0.25, 0.3) is 0 Å². The molecule has 0 radical (unpaired) electrons. The molecular weight excluding hydrogens is 431 g/mol. The van der Waals surface area contributed by atoms with E-state index in [4.69, 9.17) is 4.74 Å². The third-order valence-electron chi connectivity index (χ3n) is 5.15. The predicted octanol–water partition coefficient (Wildman–Crippen LogP) is 4.76. The fourth-order valence-electron chi connectivity index (χ4n) is 3.57. The molecule has 2 amide bonds. The van der Waals surface area contributed by atoms with Gasteiger partial charge in [-0.15, -0.1) is 0 Å². The largest absolute Gasteiger partial charge is 0.481 e. The lowest BCUT2D eigenvalue weighted by atomic mass is 10.0. The molecule has 3 aromatic rings. The summed E-state index contributed by atoms with van der Waals surface area (Å²) >= 11 is 0. The SMILES string of the molecule is CC(C)(C)NC(=O)[C@H](Cc1ccccc1)N(Cc1ccccc1)C(=O)COc1ccccc1F. The molecular formula is C28H31FN2O3. The fraction of sp³-hybridized carbons (Fsp3) is 0.286. The van der Waals surface area contributed by atoms with Crippen LogP contribution in [-0.4, -0.2) is 34.9 Å². The molecule has 34 heavy (non-hydrogen) atoms. The van der Waals surface area contributed by atoms with Gasteiger partial charge in [0.25, 0.3) is 5.91 Å². The van der Waals surface area contributed by atoms with Crippen LogP contribution >= 0.6 is 0 Å². The molecule has 0 saturated carbocycles. The van der Waals surface area contributed by atoms with Crippen molar-refractivity contribution < 1.29 is 18.7 Å². The van der Waals surface area contributed by atoms with E-state index in [1.54, 1.807) is 12.1 Å². The Bertz CT molecular complexity index is 1080. The van der Waals surface area contributed by atoms with E-state index in [9.17, 15) is 14.0 Å². The second kappa shape index (κ2) is 11.5. The molecule has 0 aliphatic carbocycles. The standard InChI is InChI=1S/C28H31FN2O3/c1-28(2,3)30-27(33)24(18-21-12-6-4-7-13-21)31(19-22-14-8-5-9-15-22)26(32)20-34-25-17-11-10-16-23(25)29/h4-17,24H,18-20H2,1-3H3,(H,30,33)/t24-/m0/s1. The Hall–Kier alpha value is -3.67. The number of amides is 2. The Morgan fingerprint density at radius 3 is 2.03 bits per heavy atom. The summed E-state index contributed by atoms with van der Waals surface area (Å²) in [6.07, 6.45) is 0.334. The summed E-state index contributed by atoms with van der Waals surface area (Å²) in [5, 5.41) is 3.01. The van der Waals surface area contributed by atoms with Crippen molar-refractivity contribution in [3.05, 3.63) is 102 Å². The van der Waals surface area contributed by atoms with Gasteiger partial charge in [0.2, 0.25) is 5.91 Å². The van der Waals surface area contributed by atoms with Crippen molar-refractivity contribution in [2.75, 3.05) is 6.61 Å². The first-order chi connectivity index (χ1) is 16.2. The predicted molar refractivity (Wildman–Crippen MR) is 131 cm³/mol. The molecule has 3 aromatic carbocycles. The molecule has 0 aliphatic heterocycles. The second-order valence-corrected chi connectivity index (χ2v) is 9.17. The Labute approximate surface area is 200 Å². The van der Waals surface area contributed by atoms with E-state index in [1.165, 1.54) is 17.0 Å². The van der Waals surface area contributed by atoms with Crippen molar-refractivity contribution >= 4 is 11.8 Å². The summed E-state index contributed by atoms with van der Waals surface area (Å²) in [5.74, 6) is -1.21. The normalized spacial score (nSPS) is 12.0. The number of benzene rings is 3. The quantitative estimate of drug-likeness (QED) is 0.499. The Morgan fingerprint density at radius 2 is 1.44 bits per heavy atom. The maximum absolute atomic E-state index is 14.0. The van der Waals surface area contributed by atoms with Gasteiger partial charge in [-0.1, -0.05) is 72.8 Å². The van der Waals surface area contributed by atoms with Crippen LogP contribution in [0.4, 0.5) is 4.39 Å². The molecule has 178 valence electrons. The van der Waals surface area contributed by atoms with E-state index < -0.39 is 23.3 Å². The number of hydrogen-bond donors (Lipinski definition) is 1. The van der Waals surface area contributed by atoms with Crippen LogP contribution in [0.2, 0.25) is 0 Å². The summed E-state index contributed by atoms with van der Waals surface area (Å²) in [7, 11) is 0. The van der Waals surface area contributed by atoms with Gasteiger partial charge in [-0.05, 0) is 44.0 Å². The molecule has 0 heterocycles. The fourth-order valence-corrected chi connectivity index (χ4v) is 3.57. The number of para-hydroxylation sites is 1. The van der Waals surface area contributed by atoms with Gasteiger partial charge in [-0.3, -0.25) is 9.59 Å². The minimum Gasteiger partial charge on any atom is -0.481 e. The van der Waals surface area contributed by atoms with Crippen LogP contribution < -0.4 is 10.1 Å². The minimum absolute atomic E-state index is 0.00531. The highest BCUT2D eigenvalue weighted by atomic mass is 19.1. The van der Waals surface area contributed by atoms with Gasteiger partial charge in [-0.2, -0.15) is 0 Å². The Balaban J connectivity index is 1.91. The van der Waals surface area contributed by atoms with Crippen LogP contribution in [0, 0.1) is 5.82 Å². The first-order valence-corrected chi connectivity index (χ1v) is 11.3.